The Labute approximate surface area is 142 Å². The molecule has 1 aliphatic heterocycles. The van der Waals surface area contributed by atoms with E-state index >= 15 is 0 Å². The van der Waals surface area contributed by atoms with Gasteiger partial charge in [-0.2, -0.15) is 13.2 Å². The van der Waals surface area contributed by atoms with E-state index in [1.54, 1.807) is 12.1 Å². The minimum atomic E-state index is -4.62. The van der Waals surface area contributed by atoms with Crippen molar-refractivity contribution in [3.8, 4) is 5.75 Å². The average Bonchev–Trinajstić information content (AvgIpc) is 2.60. The molecule has 0 bridgehead atoms. The van der Waals surface area contributed by atoms with E-state index in [-0.39, 0.29) is 12.1 Å². The third kappa shape index (κ3) is 3.77. The monoisotopic (exact) mass is 357 g/mol. The number of nitrogens with zero attached hydrogens (tertiary/aromatic N) is 3. The normalized spacial score (nSPS) is 16.4. The van der Waals surface area contributed by atoms with Gasteiger partial charge in [-0.25, -0.2) is 9.97 Å². The molecule has 0 atom stereocenters. The molecule has 2 N–H and O–H groups in total. The Balaban J connectivity index is 2.01. The van der Waals surface area contributed by atoms with Gasteiger partial charge in [0.25, 0.3) is 0 Å². The highest BCUT2D eigenvalue weighted by Crippen LogP contribution is 2.33. The van der Waals surface area contributed by atoms with Crippen LogP contribution in [-0.4, -0.2) is 61.5 Å². The van der Waals surface area contributed by atoms with Crippen molar-refractivity contribution < 1.29 is 27.9 Å². The molecule has 1 saturated heterocycles. The highest BCUT2D eigenvalue weighted by Gasteiger charge is 2.36. The number of piperazine rings is 1. The molecule has 1 aromatic heterocycles. The van der Waals surface area contributed by atoms with Crippen LogP contribution in [0.15, 0.2) is 18.2 Å². The van der Waals surface area contributed by atoms with Gasteiger partial charge in [-0.1, -0.05) is 0 Å². The van der Waals surface area contributed by atoms with Gasteiger partial charge in [0, 0.05) is 11.5 Å². The van der Waals surface area contributed by atoms with Crippen LogP contribution in [0.3, 0.4) is 0 Å². The van der Waals surface area contributed by atoms with Crippen molar-refractivity contribution in [2.45, 2.75) is 6.18 Å². The van der Waals surface area contributed by atoms with Crippen LogP contribution in [0.5, 0.6) is 5.75 Å². The first kappa shape index (κ1) is 17.7. The van der Waals surface area contributed by atoms with Crippen molar-refractivity contribution >= 4 is 16.7 Å². The molecule has 9 heteroatoms. The van der Waals surface area contributed by atoms with Crippen molar-refractivity contribution in [1.82, 2.24) is 9.97 Å². The molecule has 3 rings (SSSR count). The number of methoxy groups -OCH3 is 1. The lowest BCUT2D eigenvalue weighted by molar-refractivity contribution is -0.900. The molecule has 0 unspecified atom stereocenters. The summed E-state index contributed by atoms with van der Waals surface area (Å²) in [7, 11) is 1.46. The summed E-state index contributed by atoms with van der Waals surface area (Å²) >= 11 is 0. The highest BCUT2D eigenvalue weighted by molar-refractivity contribution is 5.90. The number of halogens is 3. The second-order valence-electron chi connectivity index (χ2n) is 5.96. The van der Waals surface area contributed by atoms with Gasteiger partial charge >= 0.3 is 6.18 Å². The van der Waals surface area contributed by atoms with Crippen molar-refractivity contribution in [3.63, 3.8) is 0 Å². The molecule has 0 radical (unpaired) electrons. The van der Waals surface area contributed by atoms with Crippen LogP contribution in [0.1, 0.15) is 5.82 Å². The summed E-state index contributed by atoms with van der Waals surface area (Å²) in [6, 6.07) is 4.87. The van der Waals surface area contributed by atoms with Crippen LogP contribution < -0.4 is 14.5 Å². The van der Waals surface area contributed by atoms with E-state index < -0.39 is 12.0 Å². The lowest BCUT2D eigenvalue weighted by Crippen LogP contribution is -3.15. The number of alkyl halides is 3. The van der Waals surface area contributed by atoms with Gasteiger partial charge in [-0.3, -0.25) is 0 Å². The summed E-state index contributed by atoms with van der Waals surface area (Å²) < 4.78 is 44.7. The van der Waals surface area contributed by atoms with Gasteiger partial charge in [0.1, 0.15) is 18.1 Å². The van der Waals surface area contributed by atoms with Crippen molar-refractivity contribution in [1.29, 1.82) is 0 Å². The second-order valence-corrected chi connectivity index (χ2v) is 5.96. The van der Waals surface area contributed by atoms with E-state index in [9.17, 15) is 13.2 Å². The third-order valence-electron chi connectivity index (χ3n) is 4.37. The average molecular weight is 357 g/mol. The summed E-state index contributed by atoms with van der Waals surface area (Å²) in [6.45, 7) is 3.37. The van der Waals surface area contributed by atoms with Crippen LogP contribution >= 0.6 is 0 Å². The Bertz CT molecular complexity index is 746. The Morgan fingerprint density at radius 1 is 1.24 bits per heavy atom. The predicted octanol–water partition coefficient (Wildman–Crippen LogP) is 0.354. The molecule has 0 aliphatic carbocycles. The number of hydrogen-bond acceptors (Lipinski definition) is 5. The molecule has 2 aromatic rings. The predicted molar refractivity (Wildman–Crippen MR) is 86.0 cm³/mol. The minimum absolute atomic E-state index is 0.101. The third-order valence-corrected chi connectivity index (χ3v) is 4.37. The molecule has 136 valence electrons. The zero-order valence-corrected chi connectivity index (χ0v) is 13.8. The van der Waals surface area contributed by atoms with Crippen molar-refractivity contribution in [3.05, 3.63) is 24.0 Å². The van der Waals surface area contributed by atoms with E-state index in [1.807, 2.05) is 4.90 Å². The maximum Gasteiger partial charge on any atom is 0.451 e. The second kappa shape index (κ2) is 7.01. The maximum absolute atomic E-state index is 13.2. The zero-order valence-electron chi connectivity index (χ0n) is 13.8. The number of anilines is 1. The maximum atomic E-state index is 13.2. The lowest BCUT2D eigenvalue weighted by atomic mass is 10.2. The highest BCUT2D eigenvalue weighted by atomic mass is 19.4. The van der Waals surface area contributed by atoms with Gasteiger partial charge in [0.05, 0.1) is 45.4 Å². The summed E-state index contributed by atoms with van der Waals surface area (Å²) in [6.07, 6.45) is -4.62. The number of aliphatic hydroxyl groups is 1. The number of hydrogen-bond donors (Lipinski definition) is 2. The minimum Gasteiger partial charge on any atom is -0.497 e. The van der Waals surface area contributed by atoms with E-state index in [1.165, 1.54) is 18.1 Å². The van der Waals surface area contributed by atoms with E-state index in [0.29, 0.717) is 36.6 Å². The number of ether oxygens (including phenoxy) is 1. The van der Waals surface area contributed by atoms with E-state index in [2.05, 4.69) is 9.97 Å². The standard InChI is InChI=1S/C16H19F3N4O2/c1-25-11-2-3-12-13(10-11)20-15(16(17,18)19)21-14(12)23-6-4-22(5-7-23)8-9-24/h2-3,10,24H,4-9H2,1H3/p+1. The van der Waals surface area contributed by atoms with Crippen LogP contribution in [0.2, 0.25) is 0 Å². The van der Waals surface area contributed by atoms with E-state index in [0.717, 1.165) is 13.1 Å². The topological polar surface area (TPSA) is 62.9 Å². The van der Waals surface area contributed by atoms with Gasteiger partial charge in [-0.05, 0) is 12.1 Å². The largest absolute Gasteiger partial charge is 0.497 e. The number of benzene rings is 1. The fraction of sp³-hybridized carbons (Fsp3) is 0.500. The van der Waals surface area contributed by atoms with Crippen LogP contribution in [-0.2, 0) is 6.18 Å². The summed E-state index contributed by atoms with van der Waals surface area (Å²) in [5, 5.41) is 9.60. The van der Waals surface area contributed by atoms with Crippen molar-refractivity contribution in [2.24, 2.45) is 0 Å². The fourth-order valence-electron chi connectivity index (χ4n) is 3.03. The quantitative estimate of drug-likeness (QED) is 0.827. The van der Waals surface area contributed by atoms with Gasteiger partial charge in [-0.15, -0.1) is 0 Å². The van der Waals surface area contributed by atoms with Crippen molar-refractivity contribution in [2.75, 3.05) is 51.3 Å². The number of quaternary nitrogens is 1. The van der Waals surface area contributed by atoms with Gasteiger partial charge < -0.3 is 19.6 Å². The molecule has 1 aliphatic rings. The molecule has 1 aromatic carbocycles. The Morgan fingerprint density at radius 2 is 1.96 bits per heavy atom. The number of rotatable bonds is 4. The molecule has 1 fully saturated rings. The number of nitrogens with one attached hydrogen (secondary N) is 1. The first-order valence-electron chi connectivity index (χ1n) is 8.04. The van der Waals surface area contributed by atoms with Gasteiger partial charge in [0.15, 0.2) is 0 Å². The molecular weight excluding hydrogens is 337 g/mol. The fourth-order valence-corrected chi connectivity index (χ4v) is 3.03. The Morgan fingerprint density at radius 3 is 2.56 bits per heavy atom. The molecule has 0 amide bonds. The van der Waals surface area contributed by atoms with Crippen LogP contribution in [0.25, 0.3) is 10.9 Å². The van der Waals surface area contributed by atoms with E-state index in [4.69, 9.17) is 9.84 Å². The molecule has 6 nitrogen and oxygen atoms in total. The Kier molecular flexibility index (Phi) is 4.96. The number of aliphatic hydroxyl groups excluding tert-OH is 1. The molecule has 2 heterocycles. The molecular formula is C16H20F3N4O2+. The first-order chi connectivity index (χ1) is 11.9. The number of fused-ring (bicyclic) bond motifs is 1. The molecule has 25 heavy (non-hydrogen) atoms. The zero-order chi connectivity index (χ0) is 18.0. The summed E-state index contributed by atoms with van der Waals surface area (Å²) in [5.41, 5.74) is 0.210. The lowest BCUT2D eigenvalue weighted by Gasteiger charge is -2.33. The van der Waals surface area contributed by atoms with Crippen LogP contribution in [0, 0.1) is 0 Å². The van der Waals surface area contributed by atoms with Gasteiger partial charge in [0.2, 0.25) is 5.82 Å². The summed E-state index contributed by atoms with van der Waals surface area (Å²) in [5.74, 6) is -0.404. The Hall–Kier alpha value is -2.13. The first-order valence-corrected chi connectivity index (χ1v) is 8.04. The molecule has 0 spiro atoms. The molecule has 0 saturated carbocycles. The summed E-state index contributed by atoms with van der Waals surface area (Å²) in [4.78, 5) is 10.6. The SMILES string of the molecule is COc1ccc2c(N3CC[NH+](CCO)CC3)nc(C(F)(F)F)nc2c1. The smallest absolute Gasteiger partial charge is 0.451 e. The van der Waals surface area contributed by atoms with Crippen LogP contribution in [0.4, 0.5) is 19.0 Å². The number of aromatic nitrogens is 2.